The summed E-state index contributed by atoms with van der Waals surface area (Å²) in [5.41, 5.74) is -0.0574. The predicted molar refractivity (Wildman–Crippen MR) is 106 cm³/mol. The fourth-order valence-electron chi connectivity index (χ4n) is 3.47. The Morgan fingerprint density at radius 2 is 1.66 bits per heavy atom. The lowest BCUT2D eigenvalue weighted by Gasteiger charge is -2.39. The lowest BCUT2D eigenvalue weighted by Crippen LogP contribution is -2.54. The SMILES string of the molecule is COc1ccc(N2C(=O)CC(N(C(=O)c3ccc(F)cc3)C(C)(C)C)C2=O)cc1. The molecule has 0 aliphatic carbocycles. The first-order valence-corrected chi connectivity index (χ1v) is 9.23. The molecule has 152 valence electrons. The second kappa shape index (κ2) is 7.66. The maximum Gasteiger partial charge on any atom is 0.257 e. The third-order valence-electron chi connectivity index (χ3n) is 4.80. The summed E-state index contributed by atoms with van der Waals surface area (Å²) in [4.78, 5) is 41.5. The molecule has 1 aliphatic heterocycles. The number of imide groups is 1. The molecule has 1 heterocycles. The topological polar surface area (TPSA) is 66.9 Å². The van der Waals surface area contributed by atoms with Gasteiger partial charge in [0.2, 0.25) is 5.91 Å². The molecule has 0 aromatic heterocycles. The van der Waals surface area contributed by atoms with Crippen LogP contribution in [0.2, 0.25) is 0 Å². The van der Waals surface area contributed by atoms with Crippen molar-refractivity contribution >= 4 is 23.4 Å². The molecule has 29 heavy (non-hydrogen) atoms. The van der Waals surface area contributed by atoms with E-state index >= 15 is 0 Å². The molecule has 2 aromatic carbocycles. The Balaban J connectivity index is 1.94. The Bertz CT molecular complexity index is 933. The van der Waals surface area contributed by atoms with Crippen LogP contribution in [0, 0.1) is 5.82 Å². The molecular formula is C22H23FN2O4. The number of anilines is 1. The van der Waals surface area contributed by atoms with E-state index in [0.717, 1.165) is 4.90 Å². The van der Waals surface area contributed by atoms with Crippen molar-refractivity contribution in [1.82, 2.24) is 4.90 Å². The van der Waals surface area contributed by atoms with Gasteiger partial charge in [0.1, 0.15) is 17.6 Å². The van der Waals surface area contributed by atoms with Crippen molar-refractivity contribution in [2.45, 2.75) is 38.8 Å². The van der Waals surface area contributed by atoms with Gasteiger partial charge in [-0.2, -0.15) is 0 Å². The van der Waals surface area contributed by atoms with Crippen LogP contribution in [-0.2, 0) is 9.59 Å². The highest BCUT2D eigenvalue weighted by Gasteiger charge is 2.47. The van der Waals surface area contributed by atoms with Gasteiger partial charge in [0, 0.05) is 11.1 Å². The van der Waals surface area contributed by atoms with Crippen LogP contribution in [-0.4, -0.2) is 41.3 Å². The van der Waals surface area contributed by atoms with E-state index in [1.54, 1.807) is 45.0 Å². The molecule has 3 rings (SSSR count). The Hall–Kier alpha value is -3.22. The highest BCUT2D eigenvalue weighted by molar-refractivity contribution is 6.23. The van der Waals surface area contributed by atoms with Gasteiger partial charge in [-0.3, -0.25) is 14.4 Å². The molecule has 0 saturated carbocycles. The number of hydrogen-bond acceptors (Lipinski definition) is 4. The minimum Gasteiger partial charge on any atom is -0.497 e. The van der Waals surface area contributed by atoms with Gasteiger partial charge in [-0.1, -0.05) is 0 Å². The average molecular weight is 398 g/mol. The Morgan fingerprint density at radius 3 is 2.17 bits per heavy atom. The quantitative estimate of drug-likeness (QED) is 0.741. The maximum atomic E-state index is 13.3. The summed E-state index contributed by atoms with van der Waals surface area (Å²) in [6.45, 7) is 5.38. The first kappa shape index (κ1) is 20.5. The average Bonchev–Trinajstić information content (AvgIpc) is 2.95. The molecule has 6 nitrogen and oxygen atoms in total. The van der Waals surface area contributed by atoms with Gasteiger partial charge in [0.05, 0.1) is 19.2 Å². The zero-order valence-corrected chi connectivity index (χ0v) is 16.8. The van der Waals surface area contributed by atoms with Crippen molar-refractivity contribution in [3.05, 3.63) is 59.9 Å². The van der Waals surface area contributed by atoms with Gasteiger partial charge in [-0.05, 0) is 69.3 Å². The number of methoxy groups -OCH3 is 1. The second-order valence-electron chi connectivity index (χ2n) is 7.84. The third-order valence-corrected chi connectivity index (χ3v) is 4.80. The third kappa shape index (κ3) is 3.99. The maximum absolute atomic E-state index is 13.3. The van der Waals surface area contributed by atoms with E-state index in [1.165, 1.54) is 36.3 Å². The minimum atomic E-state index is -0.942. The number of carbonyl (C=O) groups excluding carboxylic acids is 3. The number of benzene rings is 2. The first-order chi connectivity index (χ1) is 13.6. The van der Waals surface area contributed by atoms with Crippen LogP contribution in [0.5, 0.6) is 5.75 Å². The van der Waals surface area contributed by atoms with Crippen molar-refractivity contribution in [3.63, 3.8) is 0 Å². The molecule has 3 amide bonds. The van der Waals surface area contributed by atoms with E-state index in [1.807, 2.05) is 0 Å². The van der Waals surface area contributed by atoms with Gasteiger partial charge in [0.15, 0.2) is 0 Å². The fraction of sp³-hybridized carbons (Fsp3) is 0.318. The van der Waals surface area contributed by atoms with E-state index in [-0.39, 0.29) is 17.9 Å². The van der Waals surface area contributed by atoms with E-state index in [9.17, 15) is 18.8 Å². The summed E-state index contributed by atoms with van der Waals surface area (Å²) in [6.07, 6.45) is -0.116. The number of halogens is 1. The first-order valence-electron chi connectivity index (χ1n) is 9.23. The monoisotopic (exact) mass is 398 g/mol. The van der Waals surface area contributed by atoms with Crippen molar-refractivity contribution in [1.29, 1.82) is 0 Å². The summed E-state index contributed by atoms with van der Waals surface area (Å²) < 4.78 is 18.4. The standard InChI is InChI=1S/C22H23FN2O4/c1-22(2,3)25(20(27)14-5-7-15(23)8-6-14)18-13-19(26)24(21(18)28)16-9-11-17(29-4)12-10-16/h5-12,18H,13H2,1-4H3. The van der Waals surface area contributed by atoms with Crippen molar-refractivity contribution < 1.29 is 23.5 Å². The summed E-state index contributed by atoms with van der Waals surface area (Å²) in [5, 5.41) is 0. The molecular weight excluding hydrogens is 375 g/mol. The smallest absolute Gasteiger partial charge is 0.257 e. The molecule has 0 N–H and O–H groups in total. The minimum absolute atomic E-state index is 0.116. The summed E-state index contributed by atoms with van der Waals surface area (Å²) >= 11 is 0. The molecule has 0 spiro atoms. The van der Waals surface area contributed by atoms with Crippen LogP contribution in [0.25, 0.3) is 0 Å². The van der Waals surface area contributed by atoms with Crippen LogP contribution in [0.4, 0.5) is 10.1 Å². The van der Waals surface area contributed by atoms with Gasteiger partial charge < -0.3 is 9.64 Å². The molecule has 0 bridgehead atoms. The van der Waals surface area contributed by atoms with Gasteiger partial charge in [-0.25, -0.2) is 9.29 Å². The lowest BCUT2D eigenvalue weighted by atomic mass is 9.99. The van der Waals surface area contributed by atoms with E-state index in [2.05, 4.69) is 0 Å². The Labute approximate surface area is 168 Å². The molecule has 1 unspecified atom stereocenters. The zero-order valence-electron chi connectivity index (χ0n) is 16.8. The van der Waals surface area contributed by atoms with Crippen molar-refractivity contribution in [3.8, 4) is 5.75 Å². The number of carbonyl (C=O) groups is 3. The van der Waals surface area contributed by atoms with Gasteiger partial charge in [0.25, 0.3) is 11.8 Å². The Morgan fingerprint density at radius 1 is 1.07 bits per heavy atom. The van der Waals surface area contributed by atoms with Crippen LogP contribution in [0.3, 0.4) is 0 Å². The normalized spacial score (nSPS) is 16.9. The molecule has 0 radical (unpaired) electrons. The van der Waals surface area contributed by atoms with Gasteiger partial charge >= 0.3 is 0 Å². The molecule has 1 aliphatic rings. The van der Waals surface area contributed by atoms with Crippen LogP contribution in [0.15, 0.2) is 48.5 Å². The van der Waals surface area contributed by atoms with Crippen molar-refractivity contribution in [2.75, 3.05) is 12.0 Å². The summed E-state index contributed by atoms with van der Waals surface area (Å²) in [7, 11) is 1.53. The largest absolute Gasteiger partial charge is 0.497 e. The molecule has 1 fully saturated rings. The van der Waals surface area contributed by atoms with E-state index < -0.39 is 29.2 Å². The molecule has 2 aromatic rings. The Kier molecular flexibility index (Phi) is 5.42. The zero-order chi connectivity index (χ0) is 21.3. The summed E-state index contributed by atoms with van der Waals surface area (Å²) in [6, 6.07) is 10.8. The number of nitrogens with zero attached hydrogens (tertiary/aromatic N) is 2. The van der Waals surface area contributed by atoms with Crippen molar-refractivity contribution in [2.24, 2.45) is 0 Å². The summed E-state index contributed by atoms with van der Waals surface area (Å²) in [5.74, 6) is -1.13. The second-order valence-corrected chi connectivity index (χ2v) is 7.84. The number of ether oxygens (including phenoxy) is 1. The fourth-order valence-corrected chi connectivity index (χ4v) is 3.47. The van der Waals surface area contributed by atoms with Gasteiger partial charge in [-0.15, -0.1) is 0 Å². The molecule has 1 saturated heterocycles. The van der Waals surface area contributed by atoms with E-state index in [4.69, 9.17) is 4.74 Å². The van der Waals surface area contributed by atoms with E-state index in [0.29, 0.717) is 11.4 Å². The van der Waals surface area contributed by atoms with Crippen LogP contribution in [0.1, 0.15) is 37.6 Å². The number of hydrogen-bond donors (Lipinski definition) is 0. The number of amides is 3. The highest BCUT2D eigenvalue weighted by atomic mass is 19.1. The number of rotatable bonds is 4. The molecule has 1 atom stereocenters. The van der Waals surface area contributed by atoms with Crippen LogP contribution >= 0.6 is 0 Å². The van der Waals surface area contributed by atoms with Crippen LogP contribution < -0.4 is 9.64 Å². The highest BCUT2D eigenvalue weighted by Crippen LogP contribution is 2.31. The predicted octanol–water partition coefficient (Wildman–Crippen LogP) is 3.41. The molecule has 7 heteroatoms. The lowest BCUT2D eigenvalue weighted by molar-refractivity contribution is -0.123.